The van der Waals surface area contributed by atoms with Crippen LogP contribution in [-0.2, 0) is 14.5 Å². The standard InChI is InChI=1S/C14H20N6O2S.H2/c1-10-9-22-7-6-20(10)13-8-12(19-23(2,3)21)16-14(17-13)11-4-5-15-18-11;/h4-5,8,10H,6-7,9H2,1-3H3,(H,15,18);1H/t10-;/m1./s1. The van der Waals surface area contributed by atoms with Gasteiger partial charge in [-0.25, -0.2) is 14.2 Å². The average molecular weight is 338 g/mol. The van der Waals surface area contributed by atoms with Gasteiger partial charge in [0.15, 0.2) is 11.6 Å². The van der Waals surface area contributed by atoms with E-state index < -0.39 is 9.73 Å². The number of ether oxygens (including phenoxy) is 1. The van der Waals surface area contributed by atoms with E-state index in [4.69, 9.17) is 4.74 Å². The van der Waals surface area contributed by atoms with Crippen LogP contribution in [0.25, 0.3) is 11.5 Å². The number of nitrogens with zero attached hydrogens (tertiary/aromatic N) is 5. The molecule has 0 saturated carbocycles. The van der Waals surface area contributed by atoms with Crippen LogP contribution in [0.4, 0.5) is 11.6 Å². The van der Waals surface area contributed by atoms with Crippen LogP contribution in [0, 0.1) is 0 Å². The quantitative estimate of drug-likeness (QED) is 0.915. The highest BCUT2D eigenvalue weighted by molar-refractivity contribution is 7.92. The van der Waals surface area contributed by atoms with Gasteiger partial charge >= 0.3 is 0 Å². The van der Waals surface area contributed by atoms with Crippen LogP contribution >= 0.6 is 0 Å². The third-order valence-corrected chi connectivity index (χ3v) is 4.04. The van der Waals surface area contributed by atoms with Crippen LogP contribution in [-0.4, -0.2) is 62.7 Å². The van der Waals surface area contributed by atoms with Gasteiger partial charge in [-0.3, -0.25) is 5.10 Å². The molecule has 1 N–H and O–H groups in total. The molecule has 9 heteroatoms. The first kappa shape index (κ1) is 15.9. The number of hydrogen-bond acceptors (Lipinski definition) is 7. The van der Waals surface area contributed by atoms with Crippen LogP contribution in [0.1, 0.15) is 8.35 Å². The maximum atomic E-state index is 12.0. The van der Waals surface area contributed by atoms with Crippen LogP contribution in [0.2, 0.25) is 0 Å². The molecule has 0 spiro atoms. The van der Waals surface area contributed by atoms with E-state index in [1.54, 1.807) is 30.8 Å². The van der Waals surface area contributed by atoms with Crippen molar-refractivity contribution in [1.29, 1.82) is 0 Å². The minimum atomic E-state index is -2.31. The molecule has 1 aliphatic heterocycles. The zero-order valence-electron chi connectivity index (χ0n) is 13.4. The molecular formula is C14H22N6O2S. The number of nitrogens with one attached hydrogen (secondary N) is 1. The molecule has 1 saturated heterocycles. The van der Waals surface area contributed by atoms with E-state index in [0.717, 1.165) is 12.4 Å². The van der Waals surface area contributed by atoms with Gasteiger partial charge in [-0.2, -0.15) is 9.46 Å². The minimum Gasteiger partial charge on any atom is -0.377 e. The summed E-state index contributed by atoms with van der Waals surface area (Å²) >= 11 is 0. The van der Waals surface area contributed by atoms with Gasteiger partial charge in [0.05, 0.1) is 19.3 Å². The van der Waals surface area contributed by atoms with Gasteiger partial charge in [0.25, 0.3) is 0 Å². The molecule has 2 aromatic heterocycles. The summed E-state index contributed by atoms with van der Waals surface area (Å²) in [4.78, 5) is 11.2. The smallest absolute Gasteiger partial charge is 0.181 e. The lowest BCUT2D eigenvalue weighted by molar-refractivity contribution is 0.0985. The third-order valence-electron chi connectivity index (χ3n) is 3.42. The summed E-state index contributed by atoms with van der Waals surface area (Å²) in [6.45, 7) is 4.12. The van der Waals surface area contributed by atoms with Crippen LogP contribution in [0.5, 0.6) is 0 Å². The molecule has 3 heterocycles. The van der Waals surface area contributed by atoms with Crippen LogP contribution in [0.3, 0.4) is 0 Å². The molecule has 0 unspecified atom stereocenters. The Morgan fingerprint density at radius 3 is 2.96 bits per heavy atom. The highest BCUT2D eigenvalue weighted by Crippen LogP contribution is 2.25. The van der Waals surface area contributed by atoms with Gasteiger partial charge in [0.2, 0.25) is 0 Å². The normalized spacial score (nSPS) is 18.9. The zero-order valence-corrected chi connectivity index (χ0v) is 14.2. The predicted molar refractivity (Wildman–Crippen MR) is 91.4 cm³/mol. The van der Waals surface area contributed by atoms with Crippen molar-refractivity contribution in [2.75, 3.05) is 37.2 Å². The second-order valence-corrected chi connectivity index (χ2v) is 8.31. The topological polar surface area (TPSA) is 96.4 Å². The van der Waals surface area contributed by atoms with E-state index in [2.05, 4.69) is 36.4 Å². The van der Waals surface area contributed by atoms with E-state index in [1.165, 1.54) is 0 Å². The number of morpholine rings is 1. The largest absolute Gasteiger partial charge is 0.377 e. The van der Waals surface area contributed by atoms with Gasteiger partial charge in [-0.05, 0) is 13.0 Å². The lowest BCUT2D eigenvalue weighted by Crippen LogP contribution is -2.44. The minimum absolute atomic E-state index is 0. The number of aromatic nitrogens is 4. The Labute approximate surface area is 137 Å². The molecule has 2 aromatic rings. The number of aromatic amines is 1. The summed E-state index contributed by atoms with van der Waals surface area (Å²) in [7, 11) is -2.31. The molecule has 1 aliphatic rings. The van der Waals surface area contributed by atoms with Crippen molar-refractivity contribution in [3.63, 3.8) is 0 Å². The SMILES string of the molecule is C[C@@H]1COCCN1c1cc(N=S(C)(C)=O)nc(-c2ccn[nH]2)n1.[HH]. The van der Waals surface area contributed by atoms with E-state index in [-0.39, 0.29) is 7.47 Å². The number of hydrogen-bond donors (Lipinski definition) is 1. The fourth-order valence-corrected chi connectivity index (χ4v) is 2.95. The first-order valence-electron chi connectivity index (χ1n) is 7.33. The summed E-state index contributed by atoms with van der Waals surface area (Å²) in [5.74, 6) is 1.65. The molecule has 0 aromatic carbocycles. The van der Waals surface area contributed by atoms with Gasteiger partial charge in [-0.15, -0.1) is 0 Å². The van der Waals surface area contributed by atoms with Crippen molar-refractivity contribution in [3.8, 4) is 11.5 Å². The molecule has 0 bridgehead atoms. The first-order valence-corrected chi connectivity index (χ1v) is 9.66. The van der Waals surface area contributed by atoms with E-state index in [9.17, 15) is 4.21 Å². The van der Waals surface area contributed by atoms with Crippen molar-refractivity contribution >= 4 is 21.4 Å². The Kier molecular flexibility index (Phi) is 4.31. The van der Waals surface area contributed by atoms with Crippen molar-refractivity contribution in [1.82, 2.24) is 20.2 Å². The lowest BCUT2D eigenvalue weighted by Gasteiger charge is -2.34. The summed E-state index contributed by atoms with van der Waals surface area (Å²) in [6, 6.07) is 3.77. The molecule has 23 heavy (non-hydrogen) atoms. The molecule has 0 amide bonds. The maximum absolute atomic E-state index is 12.0. The fraction of sp³-hybridized carbons (Fsp3) is 0.500. The first-order chi connectivity index (χ1) is 10.9. The highest BCUT2D eigenvalue weighted by Gasteiger charge is 2.22. The van der Waals surface area contributed by atoms with E-state index in [1.807, 2.05) is 0 Å². The van der Waals surface area contributed by atoms with Crippen molar-refractivity contribution in [2.45, 2.75) is 13.0 Å². The molecule has 3 rings (SSSR count). The molecule has 0 radical (unpaired) electrons. The van der Waals surface area contributed by atoms with Gasteiger partial charge in [0, 0.05) is 42.5 Å². The average Bonchev–Trinajstić information content (AvgIpc) is 2.99. The molecule has 0 aliphatic carbocycles. The van der Waals surface area contributed by atoms with Gasteiger partial charge in [0.1, 0.15) is 11.5 Å². The zero-order chi connectivity index (χ0) is 16.4. The summed E-state index contributed by atoms with van der Waals surface area (Å²) in [6.07, 6.45) is 4.81. The molecular weight excluding hydrogens is 316 g/mol. The van der Waals surface area contributed by atoms with Crippen LogP contribution < -0.4 is 4.90 Å². The van der Waals surface area contributed by atoms with Crippen LogP contribution in [0.15, 0.2) is 22.7 Å². The number of H-pyrrole nitrogens is 1. The fourth-order valence-electron chi connectivity index (χ4n) is 2.41. The molecule has 1 fully saturated rings. The monoisotopic (exact) mass is 338 g/mol. The van der Waals surface area contributed by atoms with Crippen molar-refractivity contribution < 1.29 is 10.4 Å². The Bertz CT molecular complexity index is 796. The second kappa shape index (κ2) is 6.25. The Morgan fingerprint density at radius 1 is 1.48 bits per heavy atom. The summed E-state index contributed by atoms with van der Waals surface area (Å²) < 4.78 is 21.7. The predicted octanol–water partition coefficient (Wildman–Crippen LogP) is 1.70. The third kappa shape index (κ3) is 3.85. The van der Waals surface area contributed by atoms with Gasteiger partial charge in [-0.1, -0.05) is 0 Å². The summed E-state index contributed by atoms with van der Waals surface area (Å²) in [5, 5.41) is 6.79. The Balaban J connectivity index is 0.00000208. The van der Waals surface area contributed by atoms with Crippen molar-refractivity contribution in [3.05, 3.63) is 18.3 Å². The number of rotatable bonds is 3. The van der Waals surface area contributed by atoms with E-state index >= 15 is 0 Å². The number of anilines is 1. The van der Waals surface area contributed by atoms with Crippen molar-refractivity contribution in [2.24, 2.45) is 4.36 Å². The van der Waals surface area contributed by atoms with Gasteiger partial charge < -0.3 is 9.64 Å². The molecule has 8 nitrogen and oxygen atoms in total. The molecule has 1 atom stereocenters. The van der Waals surface area contributed by atoms with E-state index in [0.29, 0.717) is 30.5 Å². The second-order valence-electron chi connectivity index (χ2n) is 5.77. The highest BCUT2D eigenvalue weighted by atomic mass is 32.2. The Morgan fingerprint density at radius 2 is 2.30 bits per heavy atom. The maximum Gasteiger partial charge on any atom is 0.181 e. The molecule has 126 valence electrons. The Hall–Kier alpha value is -2.00. The summed E-state index contributed by atoms with van der Waals surface area (Å²) in [5.41, 5.74) is 0.697. The lowest BCUT2D eigenvalue weighted by atomic mass is 10.2.